The minimum absolute atomic E-state index is 0.165. The topological polar surface area (TPSA) is 29.9 Å². The lowest BCUT2D eigenvalue weighted by molar-refractivity contribution is 0.557. The van der Waals surface area contributed by atoms with E-state index in [1.165, 1.54) is 9.13 Å². The van der Waals surface area contributed by atoms with Crippen molar-refractivity contribution in [3.63, 3.8) is 0 Å². The maximum atomic E-state index is 4.52. The maximum Gasteiger partial charge on any atom is 0.130 e. The number of aryl methyl sites for hydroxylation is 1. The molecule has 0 aliphatic rings. The fourth-order valence-electron chi connectivity index (χ4n) is 2.10. The number of benzene rings is 1. The van der Waals surface area contributed by atoms with Gasteiger partial charge in [-0.25, -0.2) is 4.98 Å². The summed E-state index contributed by atoms with van der Waals surface area (Å²) in [4.78, 5) is 4.52. The van der Waals surface area contributed by atoms with Gasteiger partial charge in [0.05, 0.1) is 6.04 Å². The molecular weight excluding hydrogens is 337 g/mol. The third-order valence-corrected chi connectivity index (χ3v) is 3.95. The van der Waals surface area contributed by atoms with E-state index in [0.717, 1.165) is 18.9 Å². The van der Waals surface area contributed by atoms with E-state index in [4.69, 9.17) is 0 Å². The van der Waals surface area contributed by atoms with Gasteiger partial charge in [0.25, 0.3) is 0 Å². The Morgan fingerprint density at radius 1 is 1.33 bits per heavy atom. The second-order valence-electron chi connectivity index (χ2n) is 4.08. The molecule has 3 nitrogen and oxygen atoms in total. The molecule has 0 radical (unpaired) electrons. The van der Waals surface area contributed by atoms with Gasteiger partial charge in [-0.15, -0.1) is 0 Å². The van der Waals surface area contributed by atoms with Crippen LogP contribution in [0.2, 0.25) is 0 Å². The van der Waals surface area contributed by atoms with Crippen LogP contribution in [0.1, 0.15) is 31.3 Å². The number of nitrogens with one attached hydrogen (secondary N) is 1. The highest BCUT2D eigenvalue weighted by molar-refractivity contribution is 14.1. The first kappa shape index (κ1) is 13.5. The van der Waals surface area contributed by atoms with Crippen LogP contribution in [0, 0.1) is 3.57 Å². The van der Waals surface area contributed by atoms with E-state index in [2.05, 4.69) is 75.6 Å². The minimum Gasteiger partial charge on any atom is -0.334 e. The summed E-state index contributed by atoms with van der Waals surface area (Å²) in [5, 5.41) is 3.53. The van der Waals surface area contributed by atoms with Gasteiger partial charge in [-0.2, -0.15) is 0 Å². The SMILES string of the molecule is CCNC(c1ccccc1I)c1nccn1CC. The lowest BCUT2D eigenvalue weighted by atomic mass is 10.1. The Kier molecular flexibility index (Phi) is 4.77. The van der Waals surface area contributed by atoms with Crippen LogP contribution in [-0.4, -0.2) is 16.1 Å². The molecule has 0 aliphatic heterocycles. The van der Waals surface area contributed by atoms with Crippen molar-refractivity contribution in [1.82, 2.24) is 14.9 Å². The summed E-state index contributed by atoms with van der Waals surface area (Å²) >= 11 is 2.39. The minimum atomic E-state index is 0.165. The van der Waals surface area contributed by atoms with Crippen molar-refractivity contribution in [3.8, 4) is 0 Å². The quantitative estimate of drug-likeness (QED) is 0.835. The number of aromatic nitrogens is 2. The Balaban J connectivity index is 2.43. The molecule has 0 aliphatic carbocycles. The van der Waals surface area contributed by atoms with Crippen LogP contribution < -0.4 is 5.32 Å². The second-order valence-corrected chi connectivity index (χ2v) is 5.25. The average molecular weight is 355 g/mol. The summed E-state index contributed by atoms with van der Waals surface area (Å²) in [5.41, 5.74) is 1.29. The summed E-state index contributed by atoms with van der Waals surface area (Å²) in [6, 6.07) is 8.63. The highest BCUT2D eigenvalue weighted by Crippen LogP contribution is 2.25. The van der Waals surface area contributed by atoms with Crippen molar-refractivity contribution < 1.29 is 0 Å². The first-order valence-electron chi connectivity index (χ1n) is 6.26. The second kappa shape index (κ2) is 6.33. The van der Waals surface area contributed by atoms with Gasteiger partial charge in [0.1, 0.15) is 5.82 Å². The lowest BCUT2D eigenvalue weighted by Crippen LogP contribution is -2.26. The van der Waals surface area contributed by atoms with Crippen molar-refractivity contribution in [1.29, 1.82) is 0 Å². The third kappa shape index (κ3) is 2.75. The van der Waals surface area contributed by atoms with Gasteiger partial charge in [-0.05, 0) is 47.7 Å². The van der Waals surface area contributed by atoms with Gasteiger partial charge in [-0.1, -0.05) is 25.1 Å². The monoisotopic (exact) mass is 355 g/mol. The van der Waals surface area contributed by atoms with E-state index in [1.807, 2.05) is 12.4 Å². The average Bonchev–Trinajstić information content (AvgIpc) is 2.85. The molecule has 1 atom stereocenters. The first-order chi connectivity index (χ1) is 8.77. The van der Waals surface area contributed by atoms with Gasteiger partial charge >= 0.3 is 0 Å². The van der Waals surface area contributed by atoms with Gasteiger partial charge in [-0.3, -0.25) is 0 Å². The van der Waals surface area contributed by atoms with Crippen LogP contribution in [0.15, 0.2) is 36.7 Å². The van der Waals surface area contributed by atoms with Crippen LogP contribution >= 0.6 is 22.6 Å². The predicted molar refractivity (Wildman–Crippen MR) is 82.6 cm³/mol. The van der Waals surface area contributed by atoms with Crippen LogP contribution in [0.4, 0.5) is 0 Å². The van der Waals surface area contributed by atoms with E-state index >= 15 is 0 Å². The highest BCUT2D eigenvalue weighted by atomic mass is 127. The molecule has 1 heterocycles. The summed E-state index contributed by atoms with van der Waals surface area (Å²) in [5.74, 6) is 1.09. The molecule has 96 valence electrons. The summed E-state index contributed by atoms with van der Waals surface area (Å²) in [6.07, 6.45) is 3.91. The van der Waals surface area contributed by atoms with E-state index in [9.17, 15) is 0 Å². The Labute approximate surface area is 122 Å². The van der Waals surface area contributed by atoms with Crippen molar-refractivity contribution in [2.75, 3.05) is 6.54 Å². The largest absolute Gasteiger partial charge is 0.334 e. The van der Waals surface area contributed by atoms with Gasteiger partial charge < -0.3 is 9.88 Å². The molecule has 0 spiro atoms. The van der Waals surface area contributed by atoms with E-state index in [1.54, 1.807) is 0 Å². The smallest absolute Gasteiger partial charge is 0.130 e. The molecule has 0 amide bonds. The standard InChI is InChI=1S/C14H18IN3/c1-3-16-13(11-7-5-6-8-12(11)15)14-17-9-10-18(14)4-2/h5-10,13,16H,3-4H2,1-2H3. The molecule has 1 aromatic heterocycles. The Bertz CT molecular complexity index is 507. The highest BCUT2D eigenvalue weighted by Gasteiger charge is 2.19. The summed E-state index contributed by atoms with van der Waals surface area (Å²) < 4.78 is 3.46. The summed E-state index contributed by atoms with van der Waals surface area (Å²) in [7, 11) is 0. The Morgan fingerprint density at radius 2 is 2.11 bits per heavy atom. The number of imidazole rings is 1. The Morgan fingerprint density at radius 3 is 2.78 bits per heavy atom. The predicted octanol–water partition coefficient (Wildman–Crippen LogP) is 3.21. The first-order valence-corrected chi connectivity index (χ1v) is 7.34. The molecule has 4 heteroatoms. The number of hydrogen-bond acceptors (Lipinski definition) is 2. The van der Waals surface area contributed by atoms with Crippen LogP contribution in [0.25, 0.3) is 0 Å². The van der Waals surface area contributed by atoms with E-state index in [-0.39, 0.29) is 6.04 Å². The van der Waals surface area contributed by atoms with Gasteiger partial charge in [0.15, 0.2) is 0 Å². The van der Waals surface area contributed by atoms with Crippen LogP contribution in [0.5, 0.6) is 0 Å². The third-order valence-electron chi connectivity index (χ3n) is 2.97. The molecule has 2 aromatic rings. The number of rotatable bonds is 5. The normalized spacial score (nSPS) is 12.6. The van der Waals surface area contributed by atoms with Crippen molar-refractivity contribution in [2.24, 2.45) is 0 Å². The van der Waals surface area contributed by atoms with Gasteiger partial charge in [0.2, 0.25) is 0 Å². The molecule has 1 unspecified atom stereocenters. The fourth-order valence-corrected chi connectivity index (χ4v) is 2.80. The van der Waals surface area contributed by atoms with E-state index in [0.29, 0.717) is 0 Å². The fraction of sp³-hybridized carbons (Fsp3) is 0.357. The maximum absolute atomic E-state index is 4.52. The molecule has 0 saturated heterocycles. The molecule has 1 N–H and O–H groups in total. The molecule has 1 aromatic carbocycles. The Hall–Kier alpha value is -0.880. The van der Waals surface area contributed by atoms with Crippen molar-refractivity contribution in [2.45, 2.75) is 26.4 Å². The number of nitrogens with zero attached hydrogens (tertiary/aromatic N) is 2. The van der Waals surface area contributed by atoms with Crippen LogP contribution in [0.3, 0.4) is 0 Å². The summed E-state index contributed by atoms with van der Waals surface area (Å²) in [6.45, 7) is 6.14. The molecular formula is C14H18IN3. The zero-order chi connectivity index (χ0) is 13.0. The van der Waals surface area contributed by atoms with Crippen molar-refractivity contribution >= 4 is 22.6 Å². The van der Waals surface area contributed by atoms with Crippen LogP contribution in [-0.2, 0) is 6.54 Å². The lowest BCUT2D eigenvalue weighted by Gasteiger charge is -2.20. The molecule has 0 bridgehead atoms. The molecule has 0 fully saturated rings. The molecule has 2 rings (SSSR count). The number of hydrogen-bond donors (Lipinski definition) is 1. The molecule has 18 heavy (non-hydrogen) atoms. The van der Waals surface area contributed by atoms with E-state index < -0.39 is 0 Å². The van der Waals surface area contributed by atoms with Gasteiger partial charge in [0, 0.05) is 22.5 Å². The van der Waals surface area contributed by atoms with Crippen molar-refractivity contribution in [3.05, 3.63) is 51.6 Å². The molecule has 0 saturated carbocycles. The number of halogens is 1. The zero-order valence-electron chi connectivity index (χ0n) is 10.7. The zero-order valence-corrected chi connectivity index (χ0v) is 12.9.